The van der Waals surface area contributed by atoms with E-state index in [0.717, 1.165) is 49.8 Å². The minimum Gasteiger partial charge on any atom is -0.474 e. The summed E-state index contributed by atoms with van der Waals surface area (Å²) in [5, 5.41) is 3.27. The maximum Gasteiger partial charge on any atom is 0.238 e. The molecule has 32 heavy (non-hydrogen) atoms. The number of rotatable bonds is 3. The number of anilines is 3. The van der Waals surface area contributed by atoms with Gasteiger partial charge in [0.2, 0.25) is 5.88 Å². The lowest BCUT2D eigenvalue weighted by Gasteiger charge is -2.28. The number of fused-ring (bicyclic) bond motifs is 2. The Balaban J connectivity index is 1.32. The van der Waals surface area contributed by atoms with Gasteiger partial charge in [-0.2, -0.15) is 0 Å². The van der Waals surface area contributed by atoms with E-state index in [9.17, 15) is 0 Å². The van der Waals surface area contributed by atoms with Gasteiger partial charge in [-0.3, -0.25) is 0 Å². The third kappa shape index (κ3) is 3.36. The van der Waals surface area contributed by atoms with E-state index in [1.807, 2.05) is 28.9 Å². The maximum atomic E-state index is 6.26. The summed E-state index contributed by atoms with van der Waals surface area (Å²) in [5.74, 6) is 0.943. The highest BCUT2D eigenvalue weighted by molar-refractivity contribution is 5.72. The number of nitrogens with two attached hydrogens (primary N) is 1. The molecule has 1 saturated heterocycles. The molecule has 0 spiro atoms. The fourth-order valence-corrected chi connectivity index (χ4v) is 4.11. The Labute approximate surface area is 184 Å². The van der Waals surface area contributed by atoms with Crippen LogP contribution < -0.4 is 20.7 Å². The molecule has 0 unspecified atom stereocenters. The molecule has 162 valence electrons. The van der Waals surface area contributed by atoms with E-state index in [1.165, 1.54) is 5.69 Å². The van der Waals surface area contributed by atoms with Crippen LogP contribution in [0.5, 0.6) is 5.88 Å². The molecule has 1 fully saturated rings. The van der Waals surface area contributed by atoms with Crippen LogP contribution in [0.15, 0.2) is 48.8 Å². The maximum absolute atomic E-state index is 6.26. The lowest BCUT2D eigenvalue weighted by Crippen LogP contribution is -2.36. The van der Waals surface area contributed by atoms with E-state index in [-0.39, 0.29) is 0 Å². The quantitative estimate of drug-likeness (QED) is 0.512. The summed E-state index contributed by atoms with van der Waals surface area (Å²) in [7, 11) is 0. The normalized spacial score (nSPS) is 15.8. The van der Waals surface area contributed by atoms with Gasteiger partial charge in [0.15, 0.2) is 11.5 Å². The molecule has 0 radical (unpaired) electrons. The molecule has 2 aliphatic rings. The summed E-state index contributed by atoms with van der Waals surface area (Å²) in [6.45, 7) is 4.73. The molecule has 4 aromatic rings. The number of benzene rings is 1. The van der Waals surface area contributed by atoms with Gasteiger partial charge in [0, 0.05) is 43.3 Å². The van der Waals surface area contributed by atoms with Crippen molar-refractivity contribution < 1.29 is 9.47 Å². The van der Waals surface area contributed by atoms with Crippen LogP contribution in [0, 0.1) is 0 Å². The van der Waals surface area contributed by atoms with Crippen molar-refractivity contribution in [3.05, 3.63) is 48.8 Å². The third-order valence-electron chi connectivity index (χ3n) is 5.78. The van der Waals surface area contributed by atoms with Gasteiger partial charge in [0.25, 0.3) is 0 Å². The van der Waals surface area contributed by atoms with Crippen molar-refractivity contribution in [3.8, 4) is 28.5 Å². The Morgan fingerprint density at radius 1 is 0.844 bits per heavy atom. The number of pyridine rings is 1. The van der Waals surface area contributed by atoms with Crippen LogP contribution in [0.4, 0.5) is 17.2 Å². The number of nitrogen functional groups attached to an aromatic ring is 1. The van der Waals surface area contributed by atoms with E-state index >= 15 is 0 Å². The van der Waals surface area contributed by atoms with Gasteiger partial charge in [-0.25, -0.2) is 15.0 Å². The predicted octanol–water partition coefficient (Wildman–Crippen LogP) is 2.68. The second-order valence-electron chi connectivity index (χ2n) is 7.84. The number of nitrogens with zero attached hydrogens (tertiary/aromatic N) is 5. The number of ether oxygens (including phenoxy) is 2. The van der Waals surface area contributed by atoms with Crippen LogP contribution in [-0.2, 0) is 4.74 Å². The van der Waals surface area contributed by atoms with Crippen molar-refractivity contribution in [1.29, 1.82) is 0 Å². The fourth-order valence-electron chi connectivity index (χ4n) is 4.11. The number of hydrogen-bond acceptors (Lipinski definition) is 8. The van der Waals surface area contributed by atoms with Crippen molar-refractivity contribution in [1.82, 2.24) is 19.4 Å². The van der Waals surface area contributed by atoms with Crippen molar-refractivity contribution in [2.75, 3.05) is 55.4 Å². The van der Waals surface area contributed by atoms with Gasteiger partial charge in [0.05, 0.1) is 30.3 Å². The molecule has 0 bridgehead atoms. The second kappa shape index (κ2) is 7.69. The van der Waals surface area contributed by atoms with Crippen LogP contribution in [-0.4, -0.2) is 58.8 Å². The number of imidazole rings is 1. The van der Waals surface area contributed by atoms with Crippen LogP contribution >= 0.6 is 0 Å². The van der Waals surface area contributed by atoms with E-state index in [0.29, 0.717) is 35.3 Å². The zero-order valence-electron chi connectivity index (χ0n) is 17.5. The van der Waals surface area contributed by atoms with E-state index in [4.69, 9.17) is 20.2 Å². The smallest absolute Gasteiger partial charge is 0.238 e. The molecule has 3 aromatic heterocycles. The van der Waals surface area contributed by atoms with Crippen molar-refractivity contribution in [2.45, 2.75) is 0 Å². The zero-order valence-corrected chi connectivity index (χ0v) is 17.5. The van der Waals surface area contributed by atoms with Crippen molar-refractivity contribution >= 4 is 22.8 Å². The van der Waals surface area contributed by atoms with E-state index in [1.54, 1.807) is 0 Å². The SMILES string of the molecule is Nc1nc(-c2ccc3c(n2)OCCN3)cn2cc(-c3ccc(N4CCOCC4)cc3)nc12. The predicted molar refractivity (Wildman–Crippen MR) is 123 cm³/mol. The highest BCUT2D eigenvalue weighted by atomic mass is 16.5. The van der Waals surface area contributed by atoms with Gasteiger partial charge >= 0.3 is 0 Å². The standard InChI is InChI=1S/C23H23N7O2/c24-21-22-27-19(15-1-3-16(4-2-15)29-8-11-31-12-9-29)13-30(22)14-20(26-21)17-5-6-18-23(28-17)32-10-7-25-18/h1-6,13-14,25H,7-12H2,(H2,24,26). The van der Waals surface area contributed by atoms with Gasteiger partial charge in [-0.1, -0.05) is 12.1 Å². The number of nitrogens with one attached hydrogen (secondary N) is 1. The molecule has 2 aliphatic heterocycles. The highest BCUT2D eigenvalue weighted by Crippen LogP contribution is 2.30. The molecule has 0 atom stereocenters. The first-order valence-electron chi connectivity index (χ1n) is 10.7. The van der Waals surface area contributed by atoms with Crippen molar-refractivity contribution in [2.24, 2.45) is 0 Å². The molecular formula is C23H23N7O2. The zero-order chi connectivity index (χ0) is 21.5. The van der Waals surface area contributed by atoms with Crippen molar-refractivity contribution in [3.63, 3.8) is 0 Å². The fraction of sp³-hybridized carbons (Fsp3) is 0.261. The number of aromatic nitrogens is 4. The average molecular weight is 429 g/mol. The summed E-state index contributed by atoms with van der Waals surface area (Å²) < 4.78 is 13.0. The van der Waals surface area contributed by atoms with E-state index < -0.39 is 0 Å². The van der Waals surface area contributed by atoms with Crippen LogP contribution in [0.3, 0.4) is 0 Å². The molecule has 9 heteroatoms. The number of morpholine rings is 1. The molecule has 1 aromatic carbocycles. The summed E-state index contributed by atoms with van der Waals surface area (Å²) in [6, 6.07) is 12.3. The summed E-state index contributed by atoms with van der Waals surface area (Å²) in [4.78, 5) is 16.2. The minimum atomic E-state index is 0.359. The Kier molecular flexibility index (Phi) is 4.53. The van der Waals surface area contributed by atoms with Crippen LogP contribution in [0.1, 0.15) is 0 Å². The highest BCUT2D eigenvalue weighted by Gasteiger charge is 2.16. The molecule has 0 amide bonds. The molecule has 9 nitrogen and oxygen atoms in total. The molecule has 0 saturated carbocycles. The Hall–Kier alpha value is -3.85. The Morgan fingerprint density at radius 2 is 1.66 bits per heavy atom. The summed E-state index contributed by atoms with van der Waals surface area (Å²) in [6.07, 6.45) is 3.87. The first-order valence-corrected chi connectivity index (χ1v) is 10.7. The first-order chi connectivity index (χ1) is 15.7. The molecule has 3 N–H and O–H groups in total. The van der Waals surface area contributed by atoms with Gasteiger partial charge < -0.3 is 29.8 Å². The first kappa shape index (κ1) is 18.9. The van der Waals surface area contributed by atoms with Gasteiger partial charge in [-0.05, 0) is 24.3 Å². The summed E-state index contributed by atoms with van der Waals surface area (Å²) >= 11 is 0. The van der Waals surface area contributed by atoms with Gasteiger partial charge in [0.1, 0.15) is 12.3 Å². The van der Waals surface area contributed by atoms with Crippen LogP contribution in [0.25, 0.3) is 28.3 Å². The molecule has 6 rings (SSSR count). The Bertz CT molecular complexity index is 1280. The van der Waals surface area contributed by atoms with Gasteiger partial charge in [-0.15, -0.1) is 0 Å². The largest absolute Gasteiger partial charge is 0.474 e. The van der Waals surface area contributed by atoms with Crippen LogP contribution in [0.2, 0.25) is 0 Å². The minimum absolute atomic E-state index is 0.359. The Morgan fingerprint density at radius 3 is 2.50 bits per heavy atom. The molecule has 5 heterocycles. The summed E-state index contributed by atoms with van der Waals surface area (Å²) in [5.41, 5.74) is 12.2. The average Bonchev–Trinajstić information content (AvgIpc) is 3.29. The second-order valence-corrected chi connectivity index (χ2v) is 7.84. The molecular weight excluding hydrogens is 406 g/mol. The lowest BCUT2D eigenvalue weighted by molar-refractivity contribution is 0.122. The number of hydrogen-bond donors (Lipinski definition) is 2. The monoisotopic (exact) mass is 429 g/mol. The molecule has 0 aliphatic carbocycles. The lowest BCUT2D eigenvalue weighted by atomic mass is 10.1. The topological polar surface area (TPSA) is 103 Å². The third-order valence-corrected chi connectivity index (χ3v) is 5.78. The van der Waals surface area contributed by atoms with E-state index in [2.05, 4.69) is 44.5 Å².